The van der Waals surface area contributed by atoms with Gasteiger partial charge in [0.1, 0.15) is 5.69 Å². The summed E-state index contributed by atoms with van der Waals surface area (Å²) in [5.74, 6) is 0. The predicted octanol–water partition coefficient (Wildman–Crippen LogP) is 18.9. The highest BCUT2D eigenvalue weighted by molar-refractivity contribution is 6.67. The quantitative estimate of drug-likeness (QED) is 0.168. The van der Waals surface area contributed by atoms with Crippen molar-refractivity contribution in [2.24, 2.45) is 0 Å². The van der Waals surface area contributed by atoms with Crippen LogP contribution in [0.1, 0.15) is 191 Å². The Morgan fingerprint density at radius 3 is 0.853 bits per heavy atom. The van der Waals surface area contributed by atoms with E-state index in [1.165, 1.54) is 33.4 Å². The van der Waals surface area contributed by atoms with Crippen LogP contribution < -0.4 is 0 Å². The molecule has 9 rings (SSSR count). The van der Waals surface area contributed by atoms with Crippen molar-refractivity contribution in [1.82, 2.24) is 24.9 Å². The van der Waals surface area contributed by atoms with Crippen LogP contribution in [0.15, 0.2) is 97.2 Å². The molecular weight excluding hydrogens is 938 g/mol. The second-order valence-corrected chi connectivity index (χ2v) is 27.4. The van der Waals surface area contributed by atoms with E-state index in [9.17, 15) is 4.79 Å². The van der Waals surface area contributed by atoms with Crippen molar-refractivity contribution in [3.63, 3.8) is 0 Å². The van der Waals surface area contributed by atoms with E-state index < -0.39 is 5.24 Å². The summed E-state index contributed by atoms with van der Waals surface area (Å²) in [7, 11) is 0. The molecule has 0 saturated carbocycles. The zero-order chi connectivity index (χ0) is 54.5. The van der Waals surface area contributed by atoms with Crippen molar-refractivity contribution in [3.8, 4) is 44.5 Å². The number of H-pyrrole nitrogens is 2. The largest absolute Gasteiger partial charge is 0.354 e. The average molecular weight is 1010 g/mol. The molecule has 2 N–H and O–H groups in total. The number of carbonyl (C=O) groups is 1. The van der Waals surface area contributed by atoms with E-state index in [0.29, 0.717) is 0 Å². The number of benzene rings is 3. The molecule has 0 saturated heterocycles. The van der Waals surface area contributed by atoms with Crippen molar-refractivity contribution in [2.45, 2.75) is 157 Å². The number of fused-ring (bicyclic) bond motifs is 8. The first kappa shape index (κ1) is 53.2. The van der Waals surface area contributed by atoms with Crippen LogP contribution in [0.25, 0.3) is 90.9 Å². The third-order valence-electron chi connectivity index (χ3n) is 14.9. The molecule has 6 heterocycles. The number of aromatic amines is 2. The van der Waals surface area contributed by atoms with Gasteiger partial charge in [0.25, 0.3) is 5.24 Å². The third kappa shape index (κ3) is 10.8. The number of aromatic nitrogens is 5. The van der Waals surface area contributed by atoms with Gasteiger partial charge < -0.3 is 9.97 Å². The molecule has 7 heteroatoms. The van der Waals surface area contributed by atoms with E-state index in [1.54, 1.807) is 12.3 Å². The molecule has 75 heavy (non-hydrogen) atoms. The molecule has 0 spiro atoms. The number of hydrogen-bond acceptors (Lipinski definition) is 4. The number of hydrogen-bond donors (Lipinski definition) is 2. The van der Waals surface area contributed by atoms with Crippen LogP contribution in [-0.4, -0.2) is 30.2 Å². The van der Waals surface area contributed by atoms with Gasteiger partial charge in [0.15, 0.2) is 0 Å². The van der Waals surface area contributed by atoms with Crippen molar-refractivity contribution in [3.05, 3.63) is 159 Å². The van der Waals surface area contributed by atoms with Crippen LogP contribution >= 0.6 is 11.6 Å². The van der Waals surface area contributed by atoms with E-state index in [1.807, 2.05) is 6.07 Å². The van der Waals surface area contributed by atoms with Crippen LogP contribution in [0.2, 0.25) is 0 Å². The topological polar surface area (TPSA) is 87.3 Å². The Bertz CT molecular complexity index is 3510. The highest BCUT2D eigenvalue weighted by Crippen LogP contribution is 2.44. The number of nitrogens with zero attached hydrogens (tertiary/aromatic N) is 3. The summed E-state index contributed by atoms with van der Waals surface area (Å²) < 4.78 is 0. The zero-order valence-electron chi connectivity index (χ0n) is 47.7. The number of rotatable bonds is 5. The lowest BCUT2D eigenvalue weighted by molar-refractivity contribution is 0.107. The molecule has 0 amide bonds. The first-order valence-corrected chi connectivity index (χ1v) is 26.9. The molecule has 0 radical (unpaired) electrons. The van der Waals surface area contributed by atoms with E-state index in [-0.39, 0.29) is 38.2 Å². The van der Waals surface area contributed by atoms with Gasteiger partial charge in [-0.15, -0.1) is 0 Å². The molecule has 4 aromatic heterocycles. The summed E-state index contributed by atoms with van der Waals surface area (Å²) in [6.07, 6.45) is 10.2. The van der Waals surface area contributed by atoms with E-state index in [0.717, 1.165) is 89.4 Å². The molecule has 6 nitrogen and oxygen atoms in total. The molecule has 0 atom stereocenters. The van der Waals surface area contributed by atoms with Crippen LogP contribution in [-0.2, 0) is 32.5 Å². The number of pyridine rings is 1. The fourth-order valence-electron chi connectivity index (χ4n) is 10.0. The van der Waals surface area contributed by atoms with Gasteiger partial charge in [-0.25, -0.2) is 9.97 Å². The molecule has 0 aliphatic carbocycles. The zero-order valence-corrected chi connectivity index (χ0v) is 48.4. The SMILES string of the molecule is CC(C)(C)c1cc(-c2c3nc(c(-c4cc(C(C)(C)C)cc(C(C)(C)C)c4)c4ccc([nH]4)c(-c4ccnc(C(=O)Cl)c4)c4nc(c(-c5cc(C(C)(C)C)cc(C(C)(C)C)c5)c5ccc2[nH]5)C=C4)C=C3)cc(C(C)(C)C)c1. The predicted molar refractivity (Wildman–Crippen MR) is 321 cm³/mol. The molecule has 2 aliphatic heterocycles. The van der Waals surface area contributed by atoms with Gasteiger partial charge in [0.2, 0.25) is 0 Å². The van der Waals surface area contributed by atoms with E-state index >= 15 is 0 Å². The smallest absolute Gasteiger partial charge is 0.270 e. The maximum Gasteiger partial charge on any atom is 0.270 e. The lowest BCUT2D eigenvalue weighted by Gasteiger charge is -2.26. The number of carbonyl (C=O) groups excluding carboxylic acids is 1. The lowest BCUT2D eigenvalue weighted by atomic mass is 9.78. The van der Waals surface area contributed by atoms with Crippen LogP contribution in [0, 0.1) is 0 Å². The Hall–Kier alpha value is -6.63. The lowest BCUT2D eigenvalue weighted by Crippen LogP contribution is -2.16. The molecule has 8 bridgehead atoms. The summed E-state index contributed by atoms with van der Waals surface area (Å²) >= 11 is 6.16. The standard InChI is InChI=1S/C68H76ClN5O/c1-63(2,3)43-29-40(30-44(36-43)64(4,5)6)59-51-21-19-49(71-51)58(39-27-28-70-57(35-39)62(69)75)50-20-22-52(72-50)60(41-31-45(65(7,8)9)37-46(32-41)66(10,11)12)54-24-26-56(74-54)61(55-25-23-53(59)73-55)42-33-47(67(13,14)15)38-48(34-42)68(16,17)18/h19-38,71,74H,1-18H3. The Kier molecular flexibility index (Phi) is 13.2. The molecular formula is C68H76ClN5O. The molecule has 386 valence electrons. The summed E-state index contributed by atoms with van der Waals surface area (Å²) in [5.41, 5.74) is 21.6. The van der Waals surface area contributed by atoms with Crippen molar-refractivity contribution >= 4 is 63.2 Å². The monoisotopic (exact) mass is 1010 g/mol. The minimum absolute atomic E-state index is 0.117. The van der Waals surface area contributed by atoms with Crippen molar-refractivity contribution in [2.75, 3.05) is 0 Å². The third-order valence-corrected chi connectivity index (χ3v) is 15.1. The van der Waals surface area contributed by atoms with Gasteiger partial charge in [-0.2, -0.15) is 0 Å². The Balaban J connectivity index is 1.54. The average Bonchev–Trinajstić information content (AvgIpc) is 4.16. The van der Waals surface area contributed by atoms with Gasteiger partial charge in [0, 0.05) is 50.5 Å². The first-order valence-electron chi connectivity index (χ1n) is 26.6. The van der Waals surface area contributed by atoms with Crippen molar-refractivity contribution in [1.29, 1.82) is 0 Å². The van der Waals surface area contributed by atoms with Gasteiger partial charge in [-0.3, -0.25) is 9.78 Å². The summed E-state index contributed by atoms with van der Waals surface area (Å²) in [4.78, 5) is 36.5. The molecule has 7 aromatic rings. The first-order chi connectivity index (χ1) is 34.7. The van der Waals surface area contributed by atoms with Crippen LogP contribution in [0.5, 0.6) is 0 Å². The normalized spacial score (nSPS) is 13.5. The van der Waals surface area contributed by atoms with E-state index in [4.69, 9.17) is 21.6 Å². The maximum atomic E-state index is 12.8. The minimum Gasteiger partial charge on any atom is -0.354 e. The maximum absolute atomic E-state index is 12.8. The molecule has 0 fully saturated rings. The second kappa shape index (κ2) is 18.6. The Morgan fingerprint density at radius 2 is 0.613 bits per heavy atom. The fraction of sp³-hybridized carbons (Fsp3) is 0.353. The van der Waals surface area contributed by atoms with Gasteiger partial charge in [-0.05, 0) is 160 Å². The fourth-order valence-corrected chi connectivity index (χ4v) is 10.1. The molecule has 3 aromatic carbocycles. The Morgan fingerprint density at radius 1 is 0.360 bits per heavy atom. The summed E-state index contributed by atoms with van der Waals surface area (Å²) in [6, 6.07) is 33.6. The number of halogens is 1. The van der Waals surface area contributed by atoms with E-state index in [2.05, 4.69) is 243 Å². The van der Waals surface area contributed by atoms with Gasteiger partial charge in [0.05, 0.1) is 22.8 Å². The highest BCUT2D eigenvalue weighted by atomic mass is 35.5. The van der Waals surface area contributed by atoms with Crippen molar-refractivity contribution < 1.29 is 4.79 Å². The molecule has 0 unspecified atom stereocenters. The Labute approximate surface area is 451 Å². The van der Waals surface area contributed by atoms with Gasteiger partial charge in [-0.1, -0.05) is 179 Å². The van der Waals surface area contributed by atoms with Crippen LogP contribution in [0.3, 0.4) is 0 Å². The highest BCUT2D eigenvalue weighted by Gasteiger charge is 2.28. The minimum atomic E-state index is -0.626. The van der Waals surface area contributed by atoms with Gasteiger partial charge >= 0.3 is 0 Å². The van der Waals surface area contributed by atoms with Crippen LogP contribution in [0.4, 0.5) is 0 Å². The summed E-state index contributed by atoms with van der Waals surface area (Å²) in [5, 5.41) is -0.626. The molecule has 2 aliphatic rings. The second-order valence-electron chi connectivity index (χ2n) is 27.1. The summed E-state index contributed by atoms with van der Waals surface area (Å²) in [6.45, 7) is 41.1. The number of nitrogens with one attached hydrogen (secondary N) is 2.